The maximum Gasteiger partial charge on any atom is 0.347 e. The number of esters is 5. The van der Waals surface area contributed by atoms with Crippen molar-refractivity contribution in [1.82, 2.24) is 20.0 Å². The topological polar surface area (TPSA) is 229 Å². The Balaban J connectivity index is 0.897. The summed E-state index contributed by atoms with van der Waals surface area (Å²) in [6.45, 7) is 8.14. The lowest BCUT2D eigenvalue weighted by atomic mass is 10.0. The quantitative estimate of drug-likeness (QED) is 0.0571. The molecule has 6 aliphatic rings. The van der Waals surface area contributed by atoms with E-state index in [1.54, 1.807) is 19.2 Å². The highest BCUT2D eigenvalue weighted by Gasteiger charge is 2.44. The number of hydrogen-bond donors (Lipinski definition) is 1. The fraction of sp³-hybridized carbons (Fsp3) is 0.612. The van der Waals surface area contributed by atoms with Crippen LogP contribution in [0, 0.1) is 23.7 Å². The van der Waals surface area contributed by atoms with Crippen LogP contribution in [0.1, 0.15) is 108 Å². The summed E-state index contributed by atoms with van der Waals surface area (Å²) in [5, 5.41) is 3.07. The lowest BCUT2D eigenvalue weighted by Crippen LogP contribution is -2.53. The first-order chi connectivity index (χ1) is 42.4. The lowest BCUT2D eigenvalue weighted by Gasteiger charge is -2.34. The molecule has 21 heteroatoms. The van der Waals surface area contributed by atoms with Crippen molar-refractivity contribution in [2.75, 3.05) is 90.6 Å². The maximum atomic E-state index is 15.0. The number of carbonyl (C=O) groups is 8. The van der Waals surface area contributed by atoms with Gasteiger partial charge in [0.05, 0.1) is 26.4 Å². The number of rotatable bonds is 32. The number of nitrogens with one attached hydrogen (secondary N) is 1. The van der Waals surface area contributed by atoms with Crippen LogP contribution >= 0.6 is 0 Å². The minimum absolute atomic E-state index is 0.0214. The van der Waals surface area contributed by atoms with Crippen LogP contribution in [0.15, 0.2) is 78.9 Å². The summed E-state index contributed by atoms with van der Waals surface area (Å²) in [6, 6.07) is 20.3. The molecule has 0 unspecified atom stereocenters. The van der Waals surface area contributed by atoms with Gasteiger partial charge in [0.2, 0.25) is 0 Å². The number of carbonyl (C=O) groups excluding carboxylic acids is 8. The predicted molar refractivity (Wildman–Crippen MR) is 325 cm³/mol. The number of hydrogen-bond acceptors (Lipinski definition) is 18. The first-order valence-electron chi connectivity index (χ1n) is 31.8. The molecular weight excluding hydrogens is 1130 g/mol. The Labute approximate surface area is 517 Å². The van der Waals surface area contributed by atoms with E-state index in [0.717, 1.165) is 87.0 Å². The molecule has 8 atom stereocenters. The van der Waals surface area contributed by atoms with Crippen molar-refractivity contribution < 1.29 is 71.5 Å². The van der Waals surface area contributed by atoms with E-state index >= 15 is 4.79 Å². The number of amides is 3. The largest absolute Gasteiger partial charge is 0.458 e. The Hall–Kier alpha value is -7.10. The van der Waals surface area contributed by atoms with Gasteiger partial charge in [0, 0.05) is 71.5 Å². The monoisotopic (exact) mass is 1220 g/mol. The Morgan fingerprint density at radius 2 is 0.841 bits per heavy atom. The van der Waals surface area contributed by atoms with E-state index in [4.69, 9.17) is 33.2 Å². The van der Waals surface area contributed by atoms with Crippen LogP contribution in [-0.4, -0.2) is 192 Å². The summed E-state index contributed by atoms with van der Waals surface area (Å²) >= 11 is 0. The zero-order chi connectivity index (χ0) is 62.4. The van der Waals surface area contributed by atoms with Crippen LogP contribution in [0.3, 0.4) is 0 Å². The van der Waals surface area contributed by atoms with Crippen LogP contribution < -0.4 is 15.1 Å². The van der Waals surface area contributed by atoms with Crippen molar-refractivity contribution in [2.24, 2.45) is 23.7 Å². The third-order valence-electron chi connectivity index (χ3n) is 17.9. The molecule has 0 spiro atoms. The standard InChI is InChI=1S/C67H90N6O15/c1-43(85-65(79)55(37-46-14-15-46)70(5)61(75)58(87-64(78)54(68-3)36-45-12-13-45)40-49-20-24-52(25-21-49)72-28-32-82-33-29-72)60(74)69(4)57(39-48-18-19-48)67(81)88-59(41-50-22-26-53(27-23-50)73-30-34-83-35-31-73)62(76)71(6)56(38-47-16-17-47)66(80)86-44(2)63(77)84-42-51-10-8-7-9-11-51/h7-11,20-27,43-48,54-59,68H,12-19,28-42H2,1-6H3/t43-,44-,54+,55+,56+,57+,58-,59-/m1/s1. The van der Waals surface area contributed by atoms with Gasteiger partial charge in [0.25, 0.3) is 17.7 Å². The molecule has 3 aromatic rings. The van der Waals surface area contributed by atoms with Gasteiger partial charge in [-0.2, -0.15) is 0 Å². The molecule has 21 nitrogen and oxygen atoms in total. The molecule has 88 heavy (non-hydrogen) atoms. The molecule has 4 aliphatic carbocycles. The van der Waals surface area contributed by atoms with Gasteiger partial charge in [-0.15, -0.1) is 0 Å². The van der Waals surface area contributed by atoms with Crippen molar-refractivity contribution in [3.8, 4) is 0 Å². The normalized spacial score (nSPS) is 19.5. The molecule has 9 rings (SSSR count). The van der Waals surface area contributed by atoms with Crippen LogP contribution in [0.5, 0.6) is 0 Å². The van der Waals surface area contributed by atoms with E-state index in [2.05, 4.69) is 15.1 Å². The fourth-order valence-corrected chi connectivity index (χ4v) is 11.5. The van der Waals surface area contributed by atoms with Gasteiger partial charge in [-0.05, 0) is 111 Å². The Morgan fingerprint density at radius 3 is 1.25 bits per heavy atom. The number of morpholine rings is 2. The third kappa shape index (κ3) is 18.7. The minimum atomic E-state index is -1.48. The van der Waals surface area contributed by atoms with Crippen molar-refractivity contribution in [2.45, 2.75) is 159 Å². The van der Waals surface area contributed by atoms with Crippen LogP contribution in [0.2, 0.25) is 0 Å². The highest BCUT2D eigenvalue weighted by Crippen LogP contribution is 2.38. The first kappa shape index (κ1) is 65.3. The summed E-state index contributed by atoms with van der Waals surface area (Å²) < 4.78 is 40.6. The zero-order valence-corrected chi connectivity index (χ0v) is 52.1. The average Bonchev–Trinajstić information content (AvgIpc) is 4.26. The first-order valence-corrected chi connectivity index (χ1v) is 31.8. The second kappa shape index (κ2) is 30.9. The third-order valence-corrected chi connectivity index (χ3v) is 17.9. The highest BCUT2D eigenvalue weighted by atomic mass is 16.6. The lowest BCUT2D eigenvalue weighted by molar-refractivity contribution is -0.175. The number of nitrogens with zero attached hydrogens (tertiary/aromatic N) is 5. The molecule has 2 aliphatic heterocycles. The molecule has 2 saturated heterocycles. The van der Waals surface area contributed by atoms with Crippen LogP contribution in [0.25, 0.3) is 0 Å². The number of likely N-dealkylation sites (N-methyl/N-ethyl adjacent to an activating group) is 4. The Kier molecular flexibility index (Phi) is 22.9. The molecule has 0 radical (unpaired) electrons. The van der Waals surface area contributed by atoms with Gasteiger partial charge in [-0.3, -0.25) is 19.2 Å². The summed E-state index contributed by atoms with van der Waals surface area (Å²) in [5.41, 5.74) is 4.14. The number of anilines is 2. The molecule has 0 aromatic heterocycles. The van der Waals surface area contributed by atoms with Crippen molar-refractivity contribution in [3.63, 3.8) is 0 Å². The molecule has 1 N–H and O–H groups in total. The van der Waals surface area contributed by atoms with E-state index in [9.17, 15) is 33.6 Å². The van der Waals surface area contributed by atoms with Gasteiger partial charge in [-0.1, -0.05) is 106 Å². The van der Waals surface area contributed by atoms with Gasteiger partial charge >= 0.3 is 29.8 Å². The van der Waals surface area contributed by atoms with E-state index < -0.39 is 96.2 Å². The van der Waals surface area contributed by atoms with Gasteiger partial charge in [0.15, 0.2) is 24.4 Å². The second-order valence-corrected chi connectivity index (χ2v) is 25.0. The molecule has 0 bridgehead atoms. The minimum Gasteiger partial charge on any atom is -0.458 e. The molecule has 2 heterocycles. The average molecular weight is 1220 g/mol. The molecule has 6 fully saturated rings. The van der Waals surface area contributed by atoms with Gasteiger partial charge in [-0.25, -0.2) is 19.2 Å². The highest BCUT2D eigenvalue weighted by molar-refractivity contribution is 5.93. The molecule has 3 aromatic carbocycles. The van der Waals surface area contributed by atoms with Crippen molar-refractivity contribution >= 4 is 58.9 Å². The predicted octanol–water partition coefficient (Wildman–Crippen LogP) is 5.84. The smallest absolute Gasteiger partial charge is 0.347 e. The van der Waals surface area contributed by atoms with Gasteiger partial charge in [0.1, 0.15) is 30.8 Å². The summed E-state index contributed by atoms with van der Waals surface area (Å²) in [6.07, 6.45) is 2.74. The van der Waals surface area contributed by atoms with Crippen LogP contribution in [-0.2, 0) is 91.0 Å². The second-order valence-electron chi connectivity index (χ2n) is 25.0. The number of benzene rings is 3. The van der Waals surface area contributed by atoms with Crippen molar-refractivity contribution in [3.05, 3.63) is 95.6 Å². The Morgan fingerprint density at radius 1 is 0.466 bits per heavy atom. The van der Waals surface area contributed by atoms with E-state index in [-0.39, 0.29) is 56.5 Å². The molecular formula is C67H90N6O15. The van der Waals surface area contributed by atoms with E-state index in [0.29, 0.717) is 57.4 Å². The van der Waals surface area contributed by atoms with E-state index in [1.807, 2.05) is 66.7 Å². The van der Waals surface area contributed by atoms with Gasteiger partial charge < -0.3 is 63.0 Å². The number of ether oxygens (including phenoxy) is 7. The zero-order valence-electron chi connectivity index (χ0n) is 52.1. The maximum absolute atomic E-state index is 15.0. The molecule has 4 saturated carbocycles. The molecule has 478 valence electrons. The SMILES string of the molecule is CN[C@@H](CC1CC1)C(=O)O[C@H](Cc1ccc(N2CCOCC2)cc1)C(=O)N(C)[C@@H](CC1CC1)C(=O)O[C@H](C)C(=O)N(C)[C@@H](CC1CC1)C(=O)O[C@H](Cc1ccc(N2CCOCC2)cc1)C(=O)N(C)[C@@H](CC1CC1)C(=O)O[C@H](C)C(=O)OCc1ccccc1. The Bertz CT molecular complexity index is 2850. The van der Waals surface area contributed by atoms with E-state index in [1.165, 1.54) is 49.7 Å². The summed E-state index contributed by atoms with van der Waals surface area (Å²) in [4.78, 5) is 123. The molecule has 3 amide bonds. The summed E-state index contributed by atoms with van der Waals surface area (Å²) in [7, 11) is 6.08. The fourth-order valence-electron chi connectivity index (χ4n) is 11.5. The van der Waals surface area contributed by atoms with Crippen molar-refractivity contribution in [1.29, 1.82) is 0 Å². The van der Waals surface area contributed by atoms with Crippen LogP contribution in [0.4, 0.5) is 11.4 Å². The summed E-state index contributed by atoms with van der Waals surface area (Å²) in [5.74, 6) is -5.10.